The van der Waals surface area contributed by atoms with E-state index >= 15 is 0 Å². The zero-order chi connectivity index (χ0) is 13.7. The smallest absolute Gasteiger partial charge is 0.124 e. The van der Waals surface area contributed by atoms with E-state index in [1.807, 2.05) is 6.07 Å². The molecule has 0 saturated heterocycles. The van der Waals surface area contributed by atoms with E-state index in [0.29, 0.717) is 22.8 Å². The molecule has 2 N–H and O–H groups in total. The van der Waals surface area contributed by atoms with E-state index in [4.69, 9.17) is 21.7 Å². The molecular weight excluding hydrogens is 264 g/mol. The summed E-state index contributed by atoms with van der Waals surface area (Å²) in [6, 6.07) is 12.3. The van der Waals surface area contributed by atoms with E-state index < -0.39 is 6.10 Å². The van der Waals surface area contributed by atoms with E-state index in [-0.39, 0.29) is 6.61 Å². The summed E-state index contributed by atoms with van der Waals surface area (Å²) in [7, 11) is 0. The molecule has 0 aliphatic heterocycles. The third kappa shape index (κ3) is 4.12. The zero-order valence-electron chi connectivity index (χ0n) is 10.3. The molecule has 0 spiro atoms. The Morgan fingerprint density at radius 2 is 1.95 bits per heavy atom. The van der Waals surface area contributed by atoms with Crippen LogP contribution in [0.4, 0.5) is 0 Å². The summed E-state index contributed by atoms with van der Waals surface area (Å²) in [6.07, 6.45) is 1.08. The molecule has 100 valence electrons. The molecule has 0 amide bonds. The number of aliphatic hydroxyl groups excluding tert-OH is 1. The minimum atomic E-state index is -0.674. The molecule has 2 rings (SSSR count). The molecule has 0 radical (unpaired) electrons. The lowest BCUT2D eigenvalue weighted by Gasteiger charge is -2.14. The van der Waals surface area contributed by atoms with Crippen molar-refractivity contribution in [2.45, 2.75) is 12.6 Å². The van der Waals surface area contributed by atoms with Gasteiger partial charge in [0, 0.05) is 11.2 Å². The molecule has 1 heterocycles. The number of halogens is 1. The summed E-state index contributed by atoms with van der Waals surface area (Å²) in [5, 5.41) is 18.2. The lowest BCUT2D eigenvalue weighted by molar-refractivity contribution is 0.0913. The fourth-order valence-electron chi connectivity index (χ4n) is 1.64. The molecule has 0 aliphatic carbocycles. The van der Waals surface area contributed by atoms with Gasteiger partial charge in [-0.05, 0) is 36.4 Å². The van der Waals surface area contributed by atoms with Gasteiger partial charge in [0.05, 0.1) is 6.54 Å². The van der Waals surface area contributed by atoms with Crippen molar-refractivity contribution in [3.05, 3.63) is 59.2 Å². The molecule has 4 nitrogen and oxygen atoms in total. The molecule has 1 aromatic carbocycles. The molecule has 0 saturated carbocycles. The monoisotopic (exact) mass is 278 g/mol. The first-order valence-corrected chi connectivity index (χ1v) is 6.29. The Balaban J connectivity index is 1.88. The van der Waals surface area contributed by atoms with Crippen LogP contribution >= 0.6 is 11.6 Å². The largest absolute Gasteiger partial charge is 0.491 e. The van der Waals surface area contributed by atoms with E-state index in [1.165, 1.54) is 0 Å². The van der Waals surface area contributed by atoms with Crippen molar-refractivity contribution in [2.75, 3.05) is 6.61 Å². The number of hydrogen-bond acceptors (Lipinski definition) is 3. The molecule has 2 aromatic rings. The summed E-state index contributed by atoms with van der Waals surface area (Å²) in [5.74, 6) is 0.660. The van der Waals surface area contributed by atoms with Crippen molar-refractivity contribution in [1.29, 1.82) is 5.41 Å². The number of benzene rings is 1. The SMILES string of the molecule is N=c1ccccn1C[C@H](O)COc1ccc(Cl)cc1. The van der Waals surface area contributed by atoms with E-state index in [0.717, 1.165) is 0 Å². The Bertz CT molecular complexity index is 580. The van der Waals surface area contributed by atoms with Gasteiger partial charge in [0.2, 0.25) is 0 Å². The molecule has 1 atom stereocenters. The van der Waals surface area contributed by atoms with Gasteiger partial charge >= 0.3 is 0 Å². The highest BCUT2D eigenvalue weighted by Crippen LogP contribution is 2.15. The summed E-state index contributed by atoms with van der Waals surface area (Å²) in [6.45, 7) is 0.496. The highest BCUT2D eigenvalue weighted by Gasteiger charge is 2.06. The third-order valence-corrected chi connectivity index (χ3v) is 2.86. The number of rotatable bonds is 5. The molecule has 5 heteroatoms. The van der Waals surface area contributed by atoms with E-state index in [2.05, 4.69) is 0 Å². The maximum absolute atomic E-state index is 9.89. The van der Waals surface area contributed by atoms with E-state index in [1.54, 1.807) is 47.2 Å². The maximum atomic E-state index is 9.89. The minimum absolute atomic E-state index is 0.170. The standard InChI is InChI=1S/C14H15ClN2O2/c15-11-4-6-13(7-5-11)19-10-12(18)9-17-8-2-1-3-14(17)16/h1-8,12,16,18H,9-10H2/t12-/m0/s1. The second-order valence-electron chi connectivity index (χ2n) is 4.16. The summed E-state index contributed by atoms with van der Waals surface area (Å²) >= 11 is 5.77. The number of aromatic nitrogens is 1. The van der Waals surface area contributed by atoms with Crippen LogP contribution in [0.3, 0.4) is 0 Å². The van der Waals surface area contributed by atoms with Crippen molar-refractivity contribution >= 4 is 11.6 Å². The number of nitrogens with one attached hydrogen (secondary N) is 1. The van der Waals surface area contributed by atoms with Gasteiger partial charge in [-0.2, -0.15) is 0 Å². The van der Waals surface area contributed by atoms with Crippen molar-refractivity contribution < 1.29 is 9.84 Å². The van der Waals surface area contributed by atoms with Crippen LogP contribution in [0.25, 0.3) is 0 Å². The Morgan fingerprint density at radius 3 is 2.63 bits per heavy atom. The molecule has 0 bridgehead atoms. The van der Waals surface area contributed by atoms with Crippen LogP contribution in [0.1, 0.15) is 0 Å². The fraction of sp³-hybridized carbons (Fsp3) is 0.214. The van der Waals surface area contributed by atoms with Crippen molar-refractivity contribution in [2.24, 2.45) is 0 Å². The lowest BCUT2D eigenvalue weighted by atomic mass is 10.3. The van der Waals surface area contributed by atoms with Crippen LogP contribution in [0, 0.1) is 5.41 Å². The maximum Gasteiger partial charge on any atom is 0.124 e. The normalized spacial score (nSPS) is 12.1. The number of pyridine rings is 1. The Labute approximate surface area is 116 Å². The van der Waals surface area contributed by atoms with Gasteiger partial charge in [0.15, 0.2) is 0 Å². The molecule has 0 aliphatic rings. The zero-order valence-corrected chi connectivity index (χ0v) is 11.0. The second kappa shape index (κ2) is 6.41. The van der Waals surface area contributed by atoms with E-state index in [9.17, 15) is 5.11 Å². The van der Waals surface area contributed by atoms with Crippen molar-refractivity contribution in [1.82, 2.24) is 4.57 Å². The number of hydrogen-bond donors (Lipinski definition) is 2. The van der Waals surface area contributed by atoms with Crippen LogP contribution in [-0.4, -0.2) is 22.4 Å². The highest BCUT2D eigenvalue weighted by atomic mass is 35.5. The van der Waals surface area contributed by atoms with Gasteiger partial charge in [-0.25, -0.2) is 0 Å². The Kier molecular flexibility index (Phi) is 4.60. The number of ether oxygens (including phenoxy) is 1. The first-order chi connectivity index (χ1) is 9.15. The van der Waals surface area contributed by atoms with Crippen LogP contribution in [0.5, 0.6) is 5.75 Å². The van der Waals surface area contributed by atoms with Gasteiger partial charge < -0.3 is 14.4 Å². The van der Waals surface area contributed by atoms with Gasteiger partial charge in [0.1, 0.15) is 23.9 Å². The topological polar surface area (TPSA) is 58.2 Å². The third-order valence-electron chi connectivity index (χ3n) is 2.60. The fourth-order valence-corrected chi connectivity index (χ4v) is 1.76. The summed E-state index contributed by atoms with van der Waals surface area (Å²) in [4.78, 5) is 0. The van der Waals surface area contributed by atoms with Gasteiger partial charge in [-0.3, -0.25) is 5.41 Å². The van der Waals surface area contributed by atoms with Crippen LogP contribution in [0.2, 0.25) is 5.02 Å². The first kappa shape index (κ1) is 13.6. The average Bonchev–Trinajstić information content (AvgIpc) is 2.41. The van der Waals surface area contributed by atoms with Gasteiger partial charge in [-0.15, -0.1) is 0 Å². The van der Waals surface area contributed by atoms with Gasteiger partial charge in [0.25, 0.3) is 0 Å². The van der Waals surface area contributed by atoms with Gasteiger partial charge in [-0.1, -0.05) is 17.7 Å². The van der Waals surface area contributed by atoms with Crippen LogP contribution in [0.15, 0.2) is 48.7 Å². The Morgan fingerprint density at radius 1 is 1.21 bits per heavy atom. The predicted molar refractivity (Wildman–Crippen MR) is 73.2 cm³/mol. The lowest BCUT2D eigenvalue weighted by Crippen LogP contribution is -2.29. The van der Waals surface area contributed by atoms with Crippen LogP contribution in [-0.2, 0) is 6.54 Å². The minimum Gasteiger partial charge on any atom is -0.491 e. The van der Waals surface area contributed by atoms with Crippen molar-refractivity contribution in [3.63, 3.8) is 0 Å². The quantitative estimate of drug-likeness (QED) is 0.879. The van der Waals surface area contributed by atoms with Crippen LogP contribution < -0.4 is 10.2 Å². The predicted octanol–water partition coefficient (Wildman–Crippen LogP) is 2.06. The molecule has 0 fully saturated rings. The molecular formula is C14H15ClN2O2. The summed E-state index contributed by atoms with van der Waals surface area (Å²) in [5.41, 5.74) is 0.355. The first-order valence-electron chi connectivity index (χ1n) is 5.91. The average molecular weight is 279 g/mol. The number of nitrogens with zero attached hydrogens (tertiary/aromatic N) is 1. The molecule has 19 heavy (non-hydrogen) atoms. The second-order valence-corrected chi connectivity index (χ2v) is 4.59. The Hall–Kier alpha value is -1.78. The molecule has 0 unspecified atom stereocenters. The number of aliphatic hydroxyl groups is 1. The summed E-state index contributed by atoms with van der Waals surface area (Å²) < 4.78 is 7.11. The van der Waals surface area contributed by atoms with Crippen molar-refractivity contribution in [3.8, 4) is 5.75 Å². The molecule has 1 aromatic heterocycles. The highest BCUT2D eigenvalue weighted by molar-refractivity contribution is 6.30.